The summed E-state index contributed by atoms with van der Waals surface area (Å²) in [6.45, 7) is 4.07. The van der Waals surface area contributed by atoms with Gasteiger partial charge in [-0.15, -0.1) is 11.3 Å². The minimum atomic E-state index is 0.00447. The highest BCUT2D eigenvalue weighted by Crippen LogP contribution is 2.39. The van der Waals surface area contributed by atoms with Crippen molar-refractivity contribution in [2.24, 2.45) is 0 Å². The Labute approximate surface area is 208 Å². The maximum Gasteiger partial charge on any atom is 0.317 e. The second-order valence-corrected chi connectivity index (χ2v) is 9.51. The summed E-state index contributed by atoms with van der Waals surface area (Å²) < 4.78 is 7.51. The number of imidazole rings is 1. The molecule has 0 saturated carbocycles. The third-order valence-electron chi connectivity index (χ3n) is 6.13. The molecule has 1 fully saturated rings. The molecule has 0 atom stereocenters. The van der Waals surface area contributed by atoms with E-state index in [0.29, 0.717) is 38.7 Å². The van der Waals surface area contributed by atoms with Crippen molar-refractivity contribution in [3.63, 3.8) is 0 Å². The van der Waals surface area contributed by atoms with Crippen LogP contribution in [0.1, 0.15) is 19.3 Å². The molecule has 0 unspecified atom stereocenters. The van der Waals surface area contributed by atoms with Gasteiger partial charge in [0.05, 0.1) is 41.2 Å². The number of nitrogens with one attached hydrogen (secondary N) is 1. The number of urea groups is 1. The predicted octanol–water partition coefficient (Wildman–Crippen LogP) is 4.02. The van der Waals surface area contributed by atoms with E-state index < -0.39 is 0 Å². The van der Waals surface area contributed by atoms with Gasteiger partial charge in [0.25, 0.3) is 0 Å². The quantitative estimate of drug-likeness (QED) is 0.360. The molecule has 0 aliphatic carbocycles. The van der Waals surface area contributed by atoms with Crippen LogP contribution in [0.3, 0.4) is 0 Å². The molecule has 9 nitrogen and oxygen atoms in total. The van der Waals surface area contributed by atoms with Crippen LogP contribution in [0.15, 0.2) is 49.1 Å². The number of nitrogens with zero attached hydrogens (tertiary/aromatic N) is 5. The van der Waals surface area contributed by atoms with E-state index in [4.69, 9.17) is 15.5 Å². The number of carbonyl (C=O) groups is 1. The van der Waals surface area contributed by atoms with Crippen LogP contribution in [-0.4, -0.2) is 63.3 Å². The average Bonchev–Trinajstić information content (AvgIpc) is 3.52. The molecule has 35 heavy (non-hydrogen) atoms. The van der Waals surface area contributed by atoms with E-state index in [9.17, 15) is 4.79 Å². The first-order valence-electron chi connectivity index (χ1n) is 11.9. The Morgan fingerprint density at radius 1 is 1.09 bits per heavy atom. The van der Waals surface area contributed by atoms with E-state index in [-0.39, 0.29) is 6.03 Å². The molecule has 4 aromatic rings. The normalized spacial score (nSPS) is 13.9. The van der Waals surface area contributed by atoms with Gasteiger partial charge in [0.15, 0.2) is 0 Å². The number of nitrogen functional groups attached to an aromatic ring is 1. The summed E-state index contributed by atoms with van der Waals surface area (Å²) >= 11 is 1.60. The van der Waals surface area contributed by atoms with Gasteiger partial charge in [-0.1, -0.05) is 30.3 Å². The Kier molecular flexibility index (Phi) is 7.20. The number of aryl methyl sites for hydroxylation is 1. The SMILES string of the molecule is Nc1ncnc2sc(-c3c(-c4ccccc4)ncn3CCCCCNC(=O)N3CCOCC3)cc12. The molecule has 4 heterocycles. The minimum absolute atomic E-state index is 0.00447. The number of ether oxygens (including phenoxy) is 1. The fraction of sp³-hybridized carbons (Fsp3) is 0.360. The highest BCUT2D eigenvalue weighted by molar-refractivity contribution is 7.21. The molecule has 0 spiro atoms. The van der Waals surface area contributed by atoms with Crippen molar-refractivity contribution in [3.8, 4) is 21.8 Å². The first-order chi connectivity index (χ1) is 17.2. The maximum atomic E-state index is 12.2. The summed E-state index contributed by atoms with van der Waals surface area (Å²) in [5.41, 5.74) is 9.19. The lowest BCUT2D eigenvalue weighted by molar-refractivity contribution is 0.0532. The van der Waals surface area contributed by atoms with Crippen LogP contribution in [0.25, 0.3) is 32.0 Å². The molecule has 1 aliphatic rings. The number of morpholine rings is 1. The summed E-state index contributed by atoms with van der Waals surface area (Å²) in [5, 5.41) is 3.89. The Hall–Kier alpha value is -3.50. The molecular weight excluding hydrogens is 462 g/mol. The predicted molar refractivity (Wildman–Crippen MR) is 138 cm³/mol. The number of carbonyl (C=O) groups excluding carboxylic acids is 1. The number of benzene rings is 1. The molecule has 1 aliphatic heterocycles. The molecule has 3 N–H and O–H groups in total. The van der Waals surface area contributed by atoms with Crippen molar-refractivity contribution in [1.82, 2.24) is 29.7 Å². The zero-order chi connectivity index (χ0) is 24.0. The molecule has 10 heteroatoms. The lowest BCUT2D eigenvalue weighted by Gasteiger charge is -2.26. The van der Waals surface area contributed by atoms with Gasteiger partial charge in [-0.25, -0.2) is 19.7 Å². The smallest absolute Gasteiger partial charge is 0.317 e. The maximum absolute atomic E-state index is 12.2. The number of thiophene rings is 1. The van der Waals surface area contributed by atoms with Gasteiger partial charge in [0.2, 0.25) is 0 Å². The largest absolute Gasteiger partial charge is 0.383 e. The van der Waals surface area contributed by atoms with Gasteiger partial charge in [-0.05, 0) is 25.3 Å². The van der Waals surface area contributed by atoms with Crippen LogP contribution in [0.4, 0.5) is 10.6 Å². The van der Waals surface area contributed by atoms with E-state index in [1.54, 1.807) is 11.3 Å². The minimum Gasteiger partial charge on any atom is -0.383 e. The number of hydrogen-bond acceptors (Lipinski definition) is 7. The molecule has 3 aromatic heterocycles. The van der Waals surface area contributed by atoms with Crippen molar-refractivity contribution >= 4 is 33.4 Å². The highest BCUT2D eigenvalue weighted by Gasteiger charge is 2.19. The molecule has 1 saturated heterocycles. The van der Waals surface area contributed by atoms with E-state index in [2.05, 4.69) is 38.1 Å². The van der Waals surface area contributed by atoms with Gasteiger partial charge in [-0.2, -0.15) is 0 Å². The Bertz CT molecular complexity index is 1280. The topological polar surface area (TPSA) is 111 Å². The summed E-state index contributed by atoms with van der Waals surface area (Å²) in [6, 6.07) is 12.3. The van der Waals surface area contributed by atoms with Crippen molar-refractivity contribution < 1.29 is 9.53 Å². The molecule has 5 rings (SSSR count). The molecule has 0 bridgehead atoms. The third kappa shape index (κ3) is 5.28. The van der Waals surface area contributed by atoms with E-state index in [0.717, 1.165) is 57.9 Å². The average molecular weight is 492 g/mol. The monoisotopic (exact) mass is 491 g/mol. The Balaban J connectivity index is 1.26. The molecular formula is C25H29N7O2S. The first-order valence-corrected chi connectivity index (χ1v) is 12.7. The van der Waals surface area contributed by atoms with Gasteiger partial charge >= 0.3 is 6.03 Å². The number of aromatic nitrogens is 4. The molecule has 2 amide bonds. The lowest BCUT2D eigenvalue weighted by Crippen LogP contribution is -2.46. The van der Waals surface area contributed by atoms with Gasteiger partial charge in [-0.3, -0.25) is 0 Å². The highest BCUT2D eigenvalue weighted by atomic mass is 32.1. The fourth-order valence-corrected chi connectivity index (χ4v) is 5.33. The lowest BCUT2D eigenvalue weighted by atomic mass is 10.1. The second-order valence-electron chi connectivity index (χ2n) is 8.48. The number of rotatable bonds is 8. The number of nitrogens with two attached hydrogens (primary N) is 1. The molecule has 182 valence electrons. The Morgan fingerprint density at radius 3 is 2.71 bits per heavy atom. The molecule has 1 aromatic carbocycles. The zero-order valence-corrected chi connectivity index (χ0v) is 20.3. The molecule has 0 radical (unpaired) electrons. The van der Waals surface area contributed by atoms with Crippen LogP contribution in [0.5, 0.6) is 0 Å². The summed E-state index contributed by atoms with van der Waals surface area (Å²) in [7, 11) is 0. The van der Waals surface area contributed by atoms with Crippen LogP contribution < -0.4 is 11.1 Å². The standard InChI is InChI=1S/C25H29N7O2S/c26-23-19-15-20(35-24(19)29-16-28-23)22-21(18-7-3-1-4-8-18)30-17-32(22)10-6-2-5-9-27-25(33)31-11-13-34-14-12-31/h1,3-4,7-8,15-17H,2,5-6,9-14H2,(H,27,33)(H2,26,28,29). The number of amides is 2. The Morgan fingerprint density at radius 2 is 1.91 bits per heavy atom. The van der Waals surface area contributed by atoms with Crippen LogP contribution in [0.2, 0.25) is 0 Å². The summed E-state index contributed by atoms with van der Waals surface area (Å²) in [4.78, 5) is 29.3. The number of anilines is 1. The van der Waals surface area contributed by atoms with E-state index >= 15 is 0 Å². The van der Waals surface area contributed by atoms with E-state index in [1.165, 1.54) is 6.33 Å². The third-order valence-corrected chi connectivity index (χ3v) is 7.18. The number of hydrogen-bond donors (Lipinski definition) is 2. The van der Waals surface area contributed by atoms with Crippen molar-refractivity contribution in [3.05, 3.63) is 49.1 Å². The first kappa shape index (κ1) is 23.3. The van der Waals surface area contributed by atoms with Crippen molar-refractivity contribution in [2.45, 2.75) is 25.8 Å². The van der Waals surface area contributed by atoms with Crippen molar-refractivity contribution in [1.29, 1.82) is 0 Å². The van der Waals surface area contributed by atoms with Crippen molar-refractivity contribution in [2.75, 3.05) is 38.6 Å². The van der Waals surface area contributed by atoms with Crippen LogP contribution >= 0.6 is 11.3 Å². The van der Waals surface area contributed by atoms with Gasteiger partial charge in [0, 0.05) is 31.7 Å². The van der Waals surface area contributed by atoms with Crippen LogP contribution in [-0.2, 0) is 11.3 Å². The van der Waals surface area contributed by atoms with Crippen LogP contribution in [0, 0.1) is 0 Å². The second kappa shape index (κ2) is 10.8. The number of unbranched alkanes of at least 4 members (excludes halogenated alkanes) is 2. The van der Waals surface area contributed by atoms with E-state index in [1.807, 2.05) is 29.4 Å². The fourth-order valence-electron chi connectivity index (χ4n) is 4.27. The summed E-state index contributed by atoms with van der Waals surface area (Å²) in [5.74, 6) is 0.490. The van der Waals surface area contributed by atoms with Gasteiger partial charge < -0.3 is 25.3 Å². The zero-order valence-electron chi connectivity index (χ0n) is 19.5. The summed E-state index contributed by atoms with van der Waals surface area (Å²) in [6.07, 6.45) is 6.34. The number of fused-ring (bicyclic) bond motifs is 1. The van der Waals surface area contributed by atoms with Gasteiger partial charge in [0.1, 0.15) is 17.0 Å².